The van der Waals surface area contributed by atoms with Crippen molar-refractivity contribution in [2.75, 3.05) is 23.3 Å². The topological polar surface area (TPSA) is 50.2 Å². The van der Waals surface area contributed by atoms with Gasteiger partial charge in [0.25, 0.3) is 0 Å². The molecule has 3 heterocycles. The predicted molar refractivity (Wildman–Crippen MR) is 90.9 cm³/mol. The zero-order chi connectivity index (χ0) is 16.0. The minimum absolute atomic E-state index is 0.0811. The number of benzene rings is 1. The Morgan fingerprint density at radius 3 is 2.70 bits per heavy atom. The fraction of sp³-hybridized carbons (Fsp3) is 0.444. The van der Waals surface area contributed by atoms with Crippen molar-refractivity contribution in [1.29, 1.82) is 0 Å². The number of carbonyl (C=O) groups is 1. The number of nitrogens with zero attached hydrogens (tertiary/aromatic N) is 3. The number of anilines is 2. The van der Waals surface area contributed by atoms with E-state index in [1.165, 1.54) is 29.7 Å². The number of fused-ring (bicyclic) bond motifs is 1. The van der Waals surface area contributed by atoms with Crippen LogP contribution in [-0.4, -0.2) is 28.8 Å². The second-order valence-corrected chi connectivity index (χ2v) is 6.55. The van der Waals surface area contributed by atoms with E-state index in [0.717, 1.165) is 24.5 Å². The number of rotatable bonds is 2. The van der Waals surface area contributed by atoms with Gasteiger partial charge < -0.3 is 10.2 Å². The van der Waals surface area contributed by atoms with Gasteiger partial charge in [-0.3, -0.25) is 9.48 Å². The quantitative estimate of drug-likeness (QED) is 0.928. The fourth-order valence-electron chi connectivity index (χ4n) is 3.95. The van der Waals surface area contributed by atoms with E-state index in [4.69, 9.17) is 0 Å². The molecule has 1 N–H and O–H groups in total. The van der Waals surface area contributed by atoms with Crippen molar-refractivity contribution >= 4 is 17.3 Å². The molecule has 1 unspecified atom stereocenters. The van der Waals surface area contributed by atoms with E-state index in [1.54, 1.807) is 6.20 Å². The summed E-state index contributed by atoms with van der Waals surface area (Å²) in [4.78, 5) is 14.7. The summed E-state index contributed by atoms with van der Waals surface area (Å²) in [5.74, 6) is 0.169. The van der Waals surface area contributed by atoms with E-state index in [0.29, 0.717) is 6.42 Å². The van der Waals surface area contributed by atoms with E-state index in [-0.39, 0.29) is 11.8 Å². The normalized spacial score (nSPS) is 20.5. The van der Waals surface area contributed by atoms with Crippen LogP contribution in [0.3, 0.4) is 0 Å². The SMILES string of the molecule is Cc1c(N2CCCC2)ccc2c1NC(=O)CC2c1ccnn1C. The van der Waals surface area contributed by atoms with Crippen molar-refractivity contribution in [3.63, 3.8) is 0 Å². The summed E-state index contributed by atoms with van der Waals surface area (Å²) in [7, 11) is 1.94. The Bertz CT molecular complexity index is 758. The van der Waals surface area contributed by atoms with Crippen LogP contribution in [0.1, 0.15) is 42.0 Å². The molecule has 23 heavy (non-hydrogen) atoms. The van der Waals surface area contributed by atoms with E-state index in [2.05, 4.69) is 34.4 Å². The lowest BCUT2D eigenvalue weighted by atomic mass is 9.86. The molecule has 2 aliphatic rings. The molecule has 0 aliphatic carbocycles. The van der Waals surface area contributed by atoms with Crippen LogP contribution < -0.4 is 10.2 Å². The summed E-state index contributed by atoms with van der Waals surface area (Å²) in [6.07, 6.45) is 4.78. The third kappa shape index (κ3) is 2.31. The van der Waals surface area contributed by atoms with E-state index < -0.39 is 0 Å². The molecule has 1 fully saturated rings. The molecular weight excluding hydrogens is 288 g/mol. The summed E-state index contributed by atoms with van der Waals surface area (Å²) < 4.78 is 1.87. The molecule has 1 atom stereocenters. The maximum Gasteiger partial charge on any atom is 0.225 e. The van der Waals surface area contributed by atoms with E-state index in [9.17, 15) is 4.79 Å². The minimum atomic E-state index is 0.0811. The van der Waals surface area contributed by atoms with Gasteiger partial charge in [0.15, 0.2) is 0 Å². The first-order valence-electron chi connectivity index (χ1n) is 8.31. The van der Waals surface area contributed by atoms with Crippen molar-refractivity contribution in [2.45, 2.75) is 32.1 Å². The molecule has 2 aliphatic heterocycles. The maximum atomic E-state index is 12.3. The Labute approximate surface area is 136 Å². The van der Waals surface area contributed by atoms with Gasteiger partial charge in [-0.2, -0.15) is 5.10 Å². The van der Waals surface area contributed by atoms with Crippen LogP contribution >= 0.6 is 0 Å². The summed E-state index contributed by atoms with van der Waals surface area (Å²) in [6.45, 7) is 4.34. The third-order valence-electron chi connectivity index (χ3n) is 5.16. The van der Waals surface area contributed by atoms with Gasteiger partial charge in [0.1, 0.15) is 0 Å². The lowest BCUT2D eigenvalue weighted by molar-refractivity contribution is -0.116. The highest BCUT2D eigenvalue weighted by atomic mass is 16.1. The Hall–Kier alpha value is -2.30. The highest BCUT2D eigenvalue weighted by molar-refractivity contribution is 5.97. The first-order valence-corrected chi connectivity index (χ1v) is 8.31. The number of aromatic nitrogens is 2. The molecule has 1 aromatic heterocycles. The number of hydrogen-bond acceptors (Lipinski definition) is 3. The van der Waals surface area contributed by atoms with Crippen molar-refractivity contribution in [2.24, 2.45) is 7.05 Å². The Kier molecular flexibility index (Phi) is 3.36. The number of amides is 1. The van der Waals surface area contributed by atoms with Gasteiger partial charge in [0.05, 0.1) is 0 Å². The highest BCUT2D eigenvalue weighted by Crippen LogP contribution is 2.42. The standard InChI is InChI=1S/C18H22N4O/c1-12-15(22-9-3-4-10-22)6-5-13-14(11-17(23)20-18(12)13)16-7-8-19-21(16)2/h5-8,14H,3-4,9-11H2,1-2H3,(H,20,23). The molecule has 1 amide bonds. The van der Waals surface area contributed by atoms with Gasteiger partial charge >= 0.3 is 0 Å². The Balaban J connectivity index is 1.81. The molecule has 0 saturated carbocycles. The van der Waals surface area contributed by atoms with Crippen LogP contribution in [0.2, 0.25) is 0 Å². The molecule has 0 radical (unpaired) electrons. The zero-order valence-corrected chi connectivity index (χ0v) is 13.7. The average molecular weight is 310 g/mol. The molecule has 2 aromatic rings. The molecule has 5 heteroatoms. The molecule has 1 aromatic carbocycles. The summed E-state index contributed by atoms with van der Waals surface area (Å²) in [6, 6.07) is 6.42. The lowest BCUT2D eigenvalue weighted by Crippen LogP contribution is -2.27. The average Bonchev–Trinajstić information content (AvgIpc) is 3.19. The predicted octanol–water partition coefficient (Wildman–Crippen LogP) is 2.80. The molecule has 0 spiro atoms. The summed E-state index contributed by atoms with van der Waals surface area (Å²) in [5, 5.41) is 7.38. The zero-order valence-electron chi connectivity index (χ0n) is 13.7. The van der Waals surface area contributed by atoms with Gasteiger partial charge in [0.2, 0.25) is 5.91 Å². The molecule has 120 valence electrons. The van der Waals surface area contributed by atoms with Crippen LogP contribution in [0.4, 0.5) is 11.4 Å². The molecule has 4 rings (SSSR count). The monoisotopic (exact) mass is 310 g/mol. The number of nitrogens with one attached hydrogen (secondary N) is 1. The summed E-state index contributed by atoms with van der Waals surface area (Å²) >= 11 is 0. The smallest absolute Gasteiger partial charge is 0.225 e. The van der Waals surface area contributed by atoms with Crippen LogP contribution in [0, 0.1) is 6.92 Å². The molecule has 0 bridgehead atoms. The fourth-order valence-corrected chi connectivity index (χ4v) is 3.95. The van der Waals surface area contributed by atoms with Gasteiger partial charge in [-0.05, 0) is 43.0 Å². The van der Waals surface area contributed by atoms with Gasteiger partial charge in [0, 0.05) is 55.7 Å². The first-order chi connectivity index (χ1) is 11.1. The maximum absolute atomic E-state index is 12.3. The molecule has 5 nitrogen and oxygen atoms in total. The second kappa shape index (κ2) is 5.41. The third-order valence-corrected chi connectivity index (χ3v) is 5.16. The van der Waals surface area contributed by atoms with Gasteiger partial charge in [-0.25, -0.2) is 0 Å². The van der Waals surface area contributed by atoms with Crippen LogP contribution in [0.5, 0.6) is 0 Å². The lowest BCUT2D eigenvalue weighted by Gasteiger charge is -2.30. The largest absolute Gasteiger partial charge is 0.371 e. The van der Waals surface area contributed by atoms with Crippen LogP contribution in [-0.2, 0) is 11.8 Å². The first kappa shape index (κ1) is 14.3. The molecule has 1 saturated heterocycles. The van der Waals surface area contributed by atoms with Crippen LogP contribution in [0.15, 0.2) is 24.4 Å². The van der Waals surface area contributed by atoms with Crippen molar-refractivity contribution in [3.8, 4) is 0 Å². The summed E-state index contributed by atoms with van der Waals surface area (Å²) in [5.41, 5.74) is 5.73. The highest BCUT2D eigenvalue weighted by Gasteiger charge is 2.30. The number of aryl methyl sites for hydroxylation is 1. The number of hydrogen-bond donors (Lipinski definition) is 1. The van der Waals surface area contributed by atoms with Crippen molar-refractivity contribution in [3.05, 3.63) is 41.2 Å². The minimum Gasteiger partial charge on any atom is -0.371 e. The van der Waals surface area contributed by atoms with Crippen molar-refractivity contribution in [1.82, 2.24) is 9.78 Å². The van der Waals surface area contributed by atoms with E-state index >= 15 is 0 Å². The number of carbonyl (C=O) groups excluding carboxylic acids is 1. The van der Waals surface area contributed by atoms with Gasteiger partial charge in [-0.15, -0.1) is 0 Å². The second-order valence-electron chi connectivity index (χ2n) is 6.55. The van der Waals surface area contributed by atoms with E-state index in [1.807, 2.05) is 17.8 Å². The Morgan fingerprint density at radius 2 is 2.00 bits per heavy atom. The van der Waals surface area contributed by atoms with Crippen molar-refractivity contribution < 1.29 is 4.79 Å². The Morgan fingerprint density at radius 1 is 1.22 bits per heavy atom. The van der Waals surface area contributed by atoms with Gasteiger partial charge in [-0.1, -0.05) is 6.07 Å². The molecular formula is C18H22N4O. The van der Waals surface area contributed by atoms with Crippen LogP contribution in [0.25, 0.3) is 0 Å².